The van der Waals surface area contributed by atoms with Gasteiger partial charge in [0, 0.05) is 33.9 Å². The lowest BCUT2D eigenvalue weighted by atomic mass is 10.1. The Balaban J connectivity index is 1.85. The molecule has 4 rings (SSSR count). The third kappa shape index (κ3) is 3.36. The van der Waals surface area contributed by atoms with E-state index in [1.807, 2.05) is 12.1 Å². The second-order valence-corrected chi connectivity index (χ2v) is 7.74. The molecule has 0 atom stereocenters. The smallest absolute Gasteiger partial charge is 0.273 e. The maximum Gasteiger partial charge on any atom is 0.273 e. The average Bonchev–Trinajstić information content (AvgIpc) is 3.42. The van der Waals surface area contributed by atoms with Crippen molar-refractivity contribution in [3.8, 4) is 11.1 Å². The molecule has 134 valence electrons. The van der Waals surface area contributed by atoms with Gasteiger partial charge in [0.25, 0.3) is 5.56 Å². The molecule has 1 aliphatic rings. The van der Waals surface area contributed by atoms with Gasteiger partial charge in [-0.25, -0.2) is 9.97 Å². The lowest BCUT2D eigenvalue weighted by Crippen LogP contribution is -2.25. The summed E-state index contributed by atoms with van der Waals surface area (Å²) in [5.74, 6) is 0.844. The van der Waals surface area contributed by atoms with E-state index in [-0.39, 0.29) is 5.56 Å². The van der Waals surface area contributed by atoms with Crippen molar-refractivity contribution in [1.82, 2.24) is 14.5 Å². The van der Waals surface area contributed by atoms with Crippen molar-refractivity contribution in [2.75, 3.05) is 0 Å². The molecule has 0 spiro atoms. The Hall–Kier alpha value is -1.91. The molecule has 0 N–H and O–H groups in total. The van der Waals surface area contributed by atoms with Crippen LogP contribution in [0, 0.1) is 12.8 Å². The van der Waals surface area contributed by atoms with E-state index in [0.717, 1.165) is 29.9 Å². The van der Waals surface area contributed by atoms with Crippen molar-refractivity contribution in [2.24, 2.45) is 5.92 Å². The molecule has 6 heteroatoms. The normalized spacial score (nSPS) is 14.1. The number of hydrogen-bond acceptors (Lipinski definition) is 3. The van der Waals surface area contributed by atoms with Crippen molar-refractivity contribution in [1.29, 1.82) is 0 Å². The fraction of sp³-hybridized carbons (Fsp3) is 0.350. The molecule has 3 aromatic rings. The summed E-state index contributed by atoms with van der Waals surface area (Å²) >= 11 is 12.4. The first-order valence-electron chi connectivity index (χ1n) is 8.86. The first-order chi connectivity index (χ1) is 12.5. The second-order valence-electron chi connectivity index (χ2n) is 6.89. The fourth-order valence-electron chi connectivity index (χ4n) is 3.34. The summed E-state index contributed by atoms with van der Waals surface area (Å²) in [5.41, 5.74) is 3.40. The highest BCUT2D eigenvalue weighted by Gasteiger charge is 2.21. The monoisotopic (exact) mass is 387 g/mol. The topological polar surface area (TPSA) is 47.8 Å². The van der Waals surface area contributed by atoms with E-state index in [1.165, 1.54) is 12.8 Å². The summed E-state index contributed by atoms with van der Waals surface area (Å²) in [7, 11) is 0. The van der Waals surface area contributed by atoms with E-state index < -0.39 is 0 Å². The number of pyridine rings is 1. The van der Waals surface area contributed by atoms with E-state index in [2.05, 4.69) is 9.97 Å². The van der Waals surface area contributed by atoms with Gasteiger partial charge in [-0.15, -0.1) is 0 Å². The third-order valence-electron chi connectivity index (χ3n) is 4.91. The Kier molecular flexibility index (Phi) is 4.72. The summed E-state index contributed by atoms with van der Waals surface area (Å²) in [6.45, 7) is 2.42. The van der Waals surface area contributed by atoms with Crippen LogP contribution in [0.1, 0.15) is 31.4 Å². The van der Waals surface area contributed by atoms with Gasteiger partial charge >= 0.3 is 0 Å². The van der Waals surface area contributed by atoms with Crippen LogP contribution < -0.4 is 5.56 Å². The van der Waals surface area contributed by atoms with Gasteiger partial charge in [0.05, 0.1) is 0 Å². The maximum absolute atomic E-state index is 12.7. The highest BCUT2D eigenvalue weighted by atomic mass is 35.5. The molecule has 0 amide bonds. The number of fused-ring (bicyclic) bond motifs is 1. The zero-order valence-electron chi connectivity index (χ0n) is 14.5. The van der Waals surface area contributed by atoms with Gasteiger partial charge in [-0.2, -0.15) is 0 Å². The highest BCUT2D eigenvalue weighted by molar-refractivity contribution is 6.36. The Labute approximate surface area is 161 Å². The number of halogens is 2. The van der Waals surface area contributed by atoms with Crippen LogP contribution in [0.5, 0.6) is 0 Å². The molecular formula is C20H19Cl2N3O. The van der Waals surface area contributed by atoms with Crippen molar-refractivity contribution in [2.45, 2.75) is 39.2 Å². The zero-order chi connectivity index (χ0) is 18.3. The molecule has 0 bridgehead atoms. The van der Waals surface area contributed by atoms with Crippen LogP contribution in [0.4, 0.5) is 0 Å². The summed E-state index contributed by atoms with van der Waals surface area (Å²) in [4.78, 5) is 21.7. The average molecular weight is 388 g/mol. The summed E-state index contributed by atoms with van der Waals surface area (Å²) in [6.07, 6.45) is 6.50. The van der Waals surface area contributed by atoms with Crippen LogP contribution in [0.3, 0.4) is 0 Å². The van der Waals surface area contributed by atoms with Crippen molar-refractivity contribution in [3.05, 3.63) is 56.6 Å². The Bertz CT molecular complexity index is 1040. The fourth-order valence-corrected chi connectivity index (χ4v) is 3.85. The van der Waals surface area contributed by atoms with E-state index >= 15 is 0 Å². The molecule has 4 nitrogen and oxygen atoms in total. The lowest BCUT2D eigenvalue weighted by Gasteiger charge is -2.13. The molecule has 26 heavy (non-hydrogen) atoms. The Morgan fingerprint density at radius 1 is 1.19 bits per heavy atom. The van der Waals surface area contributed by atoms with E-state index in [0.29, 0.717) is 33.4 Å². The molecule has 0 saturated heterocycles. The standard InChI is InChI=1S/C20H19Cl2N3O/c1-12-20(26)25(10-2-3-13-4-5-13)19-18(24-12)16(8-9-23-19)15-7-6-14(21)11-17(15)22/h6-9,11,13H,2-5,10H2,1H3. The molecule has 1 saturated carbocycles. The van der Waals surface area contributed by atoms with Crippen LogP contribution in [-0.2, 0) is 6.54 Å². The van der Waals surface area contributed by atoms with Crippen molar-refractivity contribution >= 4 is 34.4 Å². The molecule has 1 aliphatic carbocycles. The minimum atomic E-state index is -0.0693. The van der Waals surface area contributed by atoms with Gasteiger partial charge < -0.3 is 0 Å². The predicted molar refractivity (Wildman–Crippen MR) is 106 cm³/mol. The molecule has 0 aliphatic heterocycles. The quantitative estimate of drug-likeness (QED) is 0.599. The highest BCUT2D eigenvalue weighted by Crippen LogP contribution is 2.35. The van der Waals surface area contributed by atoms with Gasteiger partial charge in [0.2, 0.25) is 0 Å². The van der Waals surface area contributed by atoms with Gasteiger partial charge in [-0.05, 0) is 43.9 Å². The van der Waals surface area contributed by atoms with E-state index in [4.69, 9.17) is 23.2 Å². The van der Waals surface area contributed by atoms with Gasteiger partial charge in [0.1, 0.15) is 11.2 Å². The van der Waals surface area contributed by atoms with Crippen LogP contribution in [-0.4, -0.2) is 14.5 Å². The van der Waals surface area contributed by atoms with E-state index in [1.54, 1.807) is 29.8 Å². The summed E-state index contributed by atoms with van der Waals surface area (Å²) in [6, 6.07) is 7.26. The molecule has 2 heterocycles. The van der Waals surface area contributed by atoms with Gasteiger partial charge in [0.15, 0.2) is 5.65 Å². The van der Waals surface area contributed by atoms with Gasteiger partial charge in [-0.1, -0.05) is 42.1 Å². The van der Waals surface area contributed by atoms with Crippen LogP contribution in [0.2, 0.25) is 10.0 Å². The first kappa shape index (κ1) is 17.5. The maximum atomic E-state index is 12.7. The van der Waals surface area contributed by atoms with E-state index in [9.17, 15) is 4.79 Å². The first-order valence-corrected chi connectivity index (χ1v) is 9.62. The molecule has 0 unspecified atom stereocenters. The number of aryl methyl sites for hydroxylation is 2. The predicted octanol–water partition coefficient (Wildman–Crippen LogP) is 5.26. The Morgan fingerprint density at radius 2 is 2.00 bits per heavy atom. The minimum Gasteiger partial charge on any atom is -0.290 e. The largest absolute Gasteiger partial charge is 0.290 e. The zero-order valence-corrected chi connectivity index (χ0v) is 16.0. The Morgan fingerprint density at radius 3 is 2.73 bits per heavy atom. The third-order valence-corrected chi connectivity index (χ3v) is 5.45. The number of rotatable bonds is 5. The molecule has 2 aromatic heterocycles. The van der Waals surface area contributed by atoms with Crippen molar-refractivity contribution in [3.63, 3.8) is 0 Å². The van der Waals surface area contributed by atoms with Crippen LogP contribution in [0.25, 0.3) is 22.3 Å². The SMILES string of the molecule is Cc1nc2c(-c3ccc(Cl)cc3Cl)ccnc2n(CCCC2CC2)c1=O. The van der Waals surface area contributed by atoms with Gasteiger partial charge in [-0.3, -0.25) is 9.36 Å². The minimum absolute atomic E-state index is 0.0693. The number of nitrogens with zero attached hydrogens (tertiary/aromatic N) is 3. The van der Waals surface area contributed by atoms with Crippen LogP contribution in [0.15, 0.2) is 35.3 Å². The van der Waals surface area contributed by atoms with Crippen LogP contribution >= 0.6 is 23.2 Å². The number of hydrogen-bond donors (Lipinski definition) is 0. The number of benzene rings is 1. The molecule has 1 aromatic carbocycles. The van der Waals surface area contributed by atoms with Crippen molar-refractivity contribution < 1.29 is 0 Å². The second kappa shape index (κ2) is 7.01. The summed E-state index contributed by atoms with van der Waals surface area (Å²) < 4.78 is 1.76. The molecule has 1 fully saturated rings. The molecule has 0 radical (unpaired) electrons. The lowest BCUT2D eigenvalue weighted by molar-refractivity contribution is 0.571. The summed E-state index contributed by atoms with van der Waals surface area (Å²) in [5, 5.41) is 1.13. The number of aromatic nitrogens is 3. The molecular weight excluding hydrogens is 369 g/mol.